The largest absolute Gasteiger partial charge is 0.342 e. The zero-order valence-corrected chi connectivity index (χ0v) is 18.1. The van der Waals surface area contributed by atoms with Crippen LogP contribution in [0, 0.1) is 0 Å². The van der Waals surface area contributed by atoms with Crippen LogP contribution in [0.5, 0.6) is 0 Å². The van der Waals surface area contributed by atoms with Crippen LogP contribution in [-0.4, -0.2) is 62.4 Å². The second-order valence-corrected chi connectivity index (χ2v) is 8.96. The maximum atomic E-state index is 12.6. The van der Waals surface area contributed by atoms with Gasteiger partial charge in [0.05, 0.1) is 11.8 Å². The summed E-state index contributed by atoms with van der Waals surface area (Å²) >= 11 is 1.51. The first kappa shape index (κ1) is 20.4. The van der Waals surface area contributed by atoms with Crippen LogP contribution >= 0.6 is 11.8 Å². The van der Waals surface area contributed by atoms with Crippen LogP contribution in [0.15, 0.2) is 35.5 Å². The van der Waals surface area contributed by atoms with Crippen molar-refractivity contribution in [2.24, 2.45) is 0 Å². The van der Waals surface area contributed by atoms with Crippen molar-refractivity contribution in [2.75, 3.05) is 31.9 Å². The van der Waals surface area contributed by atoms with Crippen molar-refractivity contribution in [3.05, 3.63) is 36.2 Å². The van der Waals surface area contributed by atoms with Crippen LogP contribution in [0.1, 0.15) is 57.3 Å². The molecule has 0 bridgehead atoms. The van der Waals surface area contributed by atoms with Gasteiger partial charge in [-0.3, -0.25) is 14.3 Å². The molecule has 1 amide bonds. The molecule has 2 saturated heterocycles. The molecule has 4 rings (SSSR count). The molecule has 2 aliphatic heterocycles. The minimum atomic E-state index is 0.204. The minimum absolute atomic E-state index is 0.204. The number of nitrogens with zero attached hydrogens (tertiary/aromatic N) is 5. The van der Waals surface area contributed by atoms with E-state index in [0.717, 1.165) is 55.7 Å². The number of hydrogen-bond donors (Lipinski definition) is 0. The fraction of sp³-hybridized carbons (Fsp3) is 0.591. The predicted molar refractivity (Wildman–Crippen MR) is 116 cm³/mol. The van der Waals surface area contributed by atoms with Crippen LogP contribution in [0.3, 0.4) is 0 Å². The zero-order valence-electron chi connectivity index (χ0n) is 17.3. The van der Waals surface area contributed by atoms with E-state index < -0.39 is 0 Å². The number of benzene rings is 1. The Labute approximate surface area is 177 Å². The summed E-state index contributed by atoms with van der Waals surface area (Å²) in [6.45, 7) is 6.23. The predicted octanol–water partition coefficient (Wildman–Crippen LogP) is 3.92. The molecule has 1 unspecified atom stereocenters. The van der Waals surface area contributed by atoms with Gasteiger partial charge in [0.1, 0.15) is 0 Å². The van der Waals surface area contributed by atoms with Gasteiger partial charge in [0.15, 0.2) is 11.0 Å². The molecular weight excluding hydrogens is 382 g/mol. The van der Waals surface area contributed by atoms with E-state index in [1.165, 1.54) is 37.4 Å². The van der Waals surface area contributed by atoms with Crippen molar-refractivity contribution >= 4 is 17.7 Å². The van der Waals surface area contributed by atoms with Crippen LogP contribution in [0.25, 0.3) is 5.69 Å². The second-order valence-electron chi connectivity index (χ2n) is 8.01. The van der Waals surface area contributed by atoms with Crippen LogP contribution in [0.2, 0.25) is 0 Å². The van der Waals surface area contributed by atoms with Gasteiger partial charge in [0.25, 0.3) is 0 Å². The molecule has 1 aromatic heterocycles. The number of likely N-dealkylation sites (tertiary alicyclic amines) is 2. The Morgan fingerprint density at radius 3 is 2.31 bits per heavy atom. The second kappa shape index (κ2) is 9.76. The highest BCUT2D eigenvalue weighted by molar-refractivity contribution is 7.99. The van der Waals surface area contributed by atoms with Gasteiger partial charge in [-0.1, -0.05) is 36.4 Å². The van der Waals surface area contributed by atoms with Gasteiger partial charge in [0, 0.05) is 18.8 Å². The Bertz CT molecular complexity index is 797. The van der Waals surface area contributed by atoms with E-state index in [0.29, 0.717) is 5.75 Å². The van der Waals surface area contributed by atoms with Crippen LogP contribution < -0.4 is 0 Å². The van der Waals surface area contributed by atoms with Crippen LogP contribution in [0.4, 0.5) is 0 Å². The molecule has 7 heteroatoms. The first-order chi connectivity index (χ1) is 14.2. The first-order valence-electron chi connectivity index (χ1n) is 10.9. The zero-order chi connectivity index (χ0) is 20.1. The summed E-state index contributed by atoms with van der Waals surface area (Å²) in [6.07, 6.45) is 7.28. The third-order valence-electron chi connectivity index (χ3n) is 6.02. The quantitative estimate of drug-likeness (QED) is 0.672. The highest BCUT2D eigenvalue weighted by Gasteiger charge is 2.26. The van der Waals surface area contributed by atoms with Gasteiger partial charge in [-0.2, -0.15) is 0 Å². The molecule has 0 N–H and O–H groups in total. The van der Waals surface area contributed by atoms with Gasteiger partial charge in [-0.15, -0.1) is 10.2 Å². The Balaban J connectivity index is 1.55. The molecule has 156 valence electrons. The highest BCUT2D eigenvalue weighted by atomic mass is 32.2. The van der Waals surface area contributed by atoms with E-state index in [-0.39, 0.29) is 11.9 Å². The Kier molecular flexibility index (Phi) is 6.87. The average Bonchev–Trinajstić information content (AvgIpc) is 3.22. The SMILES string of the molecule is CC(c1nnc(SCC(=O)N2CCCCC2)n1-c1ccccc1)N1CCCCC1. The summed E-state index contributed by atoms with van der Waals surface area (Å²) in [5, 5.41) is 9.89. The van der Waals surface area contributed by atoms with E-state index in [1.54, 1.807) is 0 Å². The number of carbonyl (C=O) groups excluding carboxylic acids is 1. The third-order valence-corrected chi connectivity index (χ3v) is 6.93. The number of piperidine rings is 2. The molecular formula is C22H31N5OS. The average molecular weight is 414 g/mol. The molecule has 29 heavy (non-hydrogen) atoms. The van der Waals surface area contributed by atoms with Crippen LogP contribution in [-0.2, 0) is 4.79 Å². The molecule has 2 aromatic rings. The lowest BCUT2D eigenvalue weighted by molar-refractivity contribution is -0.129. The van der Waals surface area contributed by atoms with E-state index in [1.807, 2.05) is 23.1 Å². The molecule has 1 aromatic carbocycles. The number of thioether (sulfide) groups is 1. The van der Waals surface area contributed by atoms with E-state index in [4.69, 9.17) is 0 Å². The summed E-state index contributed by atoms with van der Waals surface area (Å²) in [4.78, 5) is 17.1. The summed E-state index contributed by atoms with van der Waals surface area (Å²) in [5.74, 6) is 1.59. The number of para-hydroxylation sites is 1. The van der Waals surface area contributed by atoms with Crippen molar-refractivity contribution in [2.45, 2.75) is 56.6 Å². The number of rotatable bonds is 6. The first-order valence-corrected chi connectivity index (χ1v) is 11.9. The molecule has 6 nitrogen and oxygen atoms in total. The van der Waals surface area contributed by atoms with Gasteiger partial charge in [-0.05, 0) is 64.3 Å². The number of aromatic nitrogens is 3. The van der Waals surface area contributed by atoms with Crippen molar-refractivity contribution in [1.82, 2.24) is 24.6 Å². The van der Waals surface area contributed by atoms with Gasteiger partial charge in [0.2, 0.25) is 5.91 Å². The van der Waals surface area contributed by atoms with Gasteiger partial charge in [-0.25, -0.2) is 0 Å². The monoisotopic (exact) mass is 413 g/mol. The van der Waals surface area contributed by atoms with E-state index >= 15 is 0 Å². The Morgan fingerprint density at radius 2 is 1.62 bits per heavy atom. The lowest BCUT2D eigenvalue weighted by atomic mass is 10.1. The summed E-state index contributed by atoms with van der Waals surface area (Å²) in [5.41, 5.74) is 1.06. The normalized spacial score (nSPS) is 19.3. The highest BCUT2D eigenvalue weighted by Crippen LogP contribution is 2.29. The van der Waals surface area contributed by atoms with E-state index in [2.05, 4.69) is 38.7 Å². The molecule has 0 saturated carbocycles. The van der Waals surface area contributed by atoms with Crippen molar-refractivity contribution < 1.29 is 4.79 Å². The van der Waals surface area contributed by atoms with Crippen molar-refractivity contribution in [1.29, 1.82) is 0 Å². The molecule has 1 atom stereocenters. The van der Waals surface area contributed by atoms with Gasteiger partial charge >= 0.3 is 0 Å². The Hall–Kier alpha value is -1.86. The minimum Gasteiger partial charge on any atom is -0.342 e. The molecule has 2 aliphatic rings. The van der Waals surface area contributed by atoms with E-state index in [9.17, 15) is 4.79 Å². The number of hydrogen-bond acceptors (Lipinski definition) is 5. The molecule has 0 radical (unpaired) electrons. The van der Waals surface area contributed by atoms with Crippen molar-refractivity contribution in [3.8, 4) is 5.69 Å². The fourth-order valence-electron chi connectivity index (χ4n) is 4.29. The lowest BCUT2D eigenvalue weighted by Gasteiger charge is -2.31. The maximum Gasteiger partial charge on any atom is 0.233 e. The summed E-state index contributed by atoms with van der Waals surface area (Å²) < 4.78 is 2.15. The molecule has 0 aliphatic carbocycles. The smallest absolute Gasteiger partial charge is 0.233 e. The maximum absolute atomic E-state index is 12.6. The number of carbonyl (C=O) groups is 1. The summed E-state index contributed by atoms with van der Waals surface area (Å²) in [7, 11) is 0. The standard InChI is InChI=1S/C22H31N5OS/c1-18(25-13-7-3-8-14-25)21-23-24-22(27(21)19-11-5-2-6-12-19)29-17-20(28)26-15-9-4-10-16-26/h2,5-6,11-12,18H,3-4,7-10,13-17H2,1H3. The number of amides is 1. The fourth-order valence-corrected chi connectivity index (χ4v) is 5.16. The van der Waals surface area contributed by atoms with Crippen molar-refractivity contribution in [3.63, 3.8) is 0 Å². The topological polar surface area (TPSA) is 54.3 Å². The molecule has 2 fully saturated rings. The lowest BCUT2D eigenvalue weighted by Crippen LogP contribution is -2.36. The molecule has 0 spiro atoms. The summed E-state index contributed by atoms with van der Waals surface area (Å²) in [6, 6.07) is 10.5. The molecule has 3 heterocycles. The third kappa shape index (κ3) is 4.83. The Morgan fingerprint density at radius 1 is 0.966 bits per heavy atom. The van der Waals surface area contributed by atoms with Gasteiger partial charge < -0.3 is 4.90 Å².